The lowest BCUT2D eigenvalue weighted by Crippen LogP contribution is -2.34. The van der Waals surface area contributed by atoms with Crippen LogP contribution in [0.1, 0.15) is 42.1 Å². The molecule has 0 saturated carbocycles. The normalized spacial score (nSPS) is 11.7. The van der Waals surface area contributed by atoms with E-state index in [0.29, 0.717) is 16.5 Å². The summed E-state index contributed by atoms with van der Waals surface area (Å²) >= 11 is 14.7. The number of rotatable bonds is 4. The van der Waals surface area contributed by atoms with Crippen LogP contribution in [-0.2, 0) is 0 Å². The highest BCUT2D eigenvalue weighted by molar-refractivity contribution is 9.10. The van der Waals surface area contributed by atoms with Gasteiger partial charge >= 0.3 is 0 Å². The second kappa shape index (κ2) is 8.60. The molecular formula is C18H18BrClN2OS. The molecule has 2 N–H and O–H groups in total. The molecule has 126 valence electrons. The van der Waals surface area contributed by atoms with Crippen LogP contribution in [0.5, 0.6) is 0 Å². The van der Waals surface area contributed by atoms with Gasteiger partial charge in [-0.2, -0.15) is 0 Å². The van der Waals surface area contributed by atoms with Gasteiger partial charge in [0, 0.05) is 10.2 Å². The molecule has 0 bridgehead atoms. The first-order valence-corrected chi connectivity index (χ1v) is 9.16. The van der Waals surface area contributed by atoms with Gasteiger partial charge in [0.05, 0.1) is 10.6 Å². The van der Waals surface area contributed by atoms with Crippen LogP contribution in [0.2, 0.25) is 5.02 Å². The molecular weight excluding hydrogens is 408 g/mol. The first kappa shape index (κ1) is 18.9. The van der Waals surface area contributed by atoms with E-state index in [1.165, 1.54) is 0 Å². The summed E-state index contributed by atoms with van der Waals surface area (Å²) in [6.45, 7) is 4.29. The molecule has 24 heavy (non-hydrogen) atoms. The molecule has 2 aromatic rings. The summed E-state index contributed by atoms with van der Waals surface area (Å²) in [5, 5.41) is 6.39. The van der Waals surface area contributed by atoms with Crippen LogP contribution in [0.3, 0.4) is 0 Å². The van der Waals surface area contributed by atoms with Gasteiger partial charge in [0.1, 0.15) is 0 Å². The van der Waals surface area contributed by atoms with Gasteiger partial charge in [-0.25, -0.2) is 0 Å². The van der Waals surface area contributed by atoms with E-state index in [2.05, 4.69) is 46.5 Å². The monoisotopic (exact) mass is 424 g/mol. The highest BCUT2D eigenvalue weighted by Crippen LogP contribution is 2.26. The van der Waals surface area contributed by atoms with Crippen LogP contribution < -0.4 is 10.6 Å². The fourth-order valence-corrected chi connectivity index (χ4v) is 3.02. The van der Waals surface area contributed by atoms with Crippen molar-refractivity contribution in [2.24, 2.45) is 0 Å². The van der Waals surface area contributed by atoms with Gasteiger partial charge in [-0.05, 0) is 54.4 Å². The number of halogens is 2. The third-order valence-corrected chi connectivity index (χ3v) is 4.78. The Morgan fingerprint density at radius 1 is 1.29 bits per heavy atom. The molecule has 3 nitrogen and oxygen atoms in total. The average Bonchev–Trinajstić information content (AvgIpc) is 2.56. The number of carbonyl (C=O) groups excluding carboxylic acids is 1. The molecule has 0 heterocycles. The lowest BCUT2D eigenvalue weighted by atomic mass is 9.97. The molecule has 0 unspecified atom stereocenters. The largest absolute Gasteiger partial charge is 0.332 e. The number of carbonyl (C=O) groups is 1. The lowest BCUT2D eigenvalue weighted by molar-refractivity contribution is 0.0978. The Bertz CT molecular complexity index is 766. The summed E-state index contributed by atoms with van der Waals surface area (Å²) in [6.07, 6.45) is 1.02. The Morgan fingerprint density at radius 3 is 2.71 bits per heavy atom. The minimum atomic E-state index is -0.347. The van der Waals surface area contributed by atoms with Crippen molar-refractivity contribution >= 4 is 56.5 Å². The predicted molar refractivity (Wildman–Crippen MR) is 108 cm³/mol. The van der Waals surface area contributed by atoms with E-state index >= 15 is 0 Å². The second-order valence-corrected chi connectivity index (χ2v) is 7.16. The standard InChI is InChI=1S/C18H18BrClN2OS/c1-3-11(2)13-6-4-5-7-16(13)21-18(24)22-17(23)14-10-12(19)8-9-15(14)20/h4-11H,3H2,1-2H3,(H2,21,22,23,24)/t11-/m1/s1. The summed E-state index contributed by atoms with van der Waals surface area (Å²) in [5.41, 5.74) is 2.43. The minimum Gasteiger partial charge on any atom is -0.332 e. The molecule has 0 spiro atoms. The third-order valence-electron chi connectivity index (χ3n) is 3.75. The molecule has 2 rings (SSSR count). The van der Waals surface area contributed by atoms with E-state index in [4.69, 9.17) is 23.8 Å². The molecule has 1 atom stereocenters. The van der Waals surface area contributed by atoms with Crippen molar-refractivity contribution in [3.8, 4) is 0 Å². The zero-order chi connectivity index (χ0) is 17.7. The van der Waals surface area contributed by atoms with Crippen LogP contribution in [0.25, 0.3) is 0 Å². The van der Waals surface area contributed by atoms with Gasteiger partial charge in [0.2, 0.25) is 0 Å². The Hall–Kier alpha value is -1.43. The van der Waals surface area contributed by atoms with Crippen molar-refractivity contribution in [1.29, 1.82) is 0 Å². The number of nitrogens with one attached hydrogen (secondary N) is 2. The lowest BCUT2D eigenvalue weighted by Gasteiger charge is -2.17. The van der Waals surface area contributed by atoms with Crippen LogP contribution >= 0.6 is 39.7 Å². The van der Waals surface area contributed by atoms with E-state index in [1.54, 1.807) is 18.2 Å². The molecule has 0 aliphatic rings. The maximum absolute atomic E-state index is 12.3. The zero-order valence-corrected chi connectivity index (χ0v) is 16.6. The van der Waals surface area contributed by atoms with Crippen molar-refractivity contribution in [1.82, 2.24) is 5.32 Å². The zero-order valence-electron chi connectivity index (χ0n) is 13.4. The topological polar surface area (TPSA) is 41.1 Å². The predicted octanol–water partition coefficient (Wildman–Crippen LogP) is 5.74. The molecule has 0 saturated heterocycles. The number of para-hydroxylation sites is 1. The molecule has 0 fully saturated rings. The maximum atomic E-state index is 12.3. The van der Waals surface area contributed by atoms with Crippen LogP contribution in [-0.4, -0.2) is 11.0 Å². The summed E-state index contributed by atoms with van der Waals surface area (Å²) in [6, 6.07) is 13.0. The second-order valence-electron chi connectivity index (χ2n) is 5.43. The van der Waals surface area contributed by atoms with Gasteiger partial charge in [-0.1, -0.05) is 59.6 Å². The van der Waals surface area contributed by atoms with Crippen molar-refractivity contribution in [3.05, 3.63) is 63.1 Å². The quantitative estimate of drug-likeness (QED) is 0.613. The van der Waals surface area contributed by atoms with Crippen molar-refractivity contribution < 1.29 is 4.79 Å². The Morgan fingerprint density at radius 2 is 2.00 bits per heavy atom. The number of thiocarbonyl (C=S) groups is 1. The van der Waals surface area contributed by atoms with Gasteiger partial charge < -0.3 is 5.32 Å². The SMILES string of the molecule is CC[C@@H](C)c1ccccc1NC(=S)NC(=O)c1cc(Br)ccc1Cl. The van der Waals surface area contributed by atoms with Gasteiger partial charge in [-0.15, -0.1) is 0 Å². The molecule has 6 heteroatoms. The maximum Gasteiger partial charge on any atom is 0.258 e. The number of benzene rings is 2. The Labute approximate surface area is 160 Å². The van der Waals surface area contributed by atoms with Gasteiger partial charge in [0.15, 0.2) is 5.11 Å². The van der Waals surface area contributed by atoms with E-state index < -0.39 is 0 Å². The first-order valence-electron chi connectivity index (χ1n) is 7.58. The van der Waals surface area contributed by atoms with E-state index in [0.717, 1.165) is 22.1 Å². The van der Waals surface area contributed by atoms with Crippen LogP contribution in [0.15, 0.2) is 46.9 Å². The molecule has 0 aliphatic carbocycles. The summed E-state index contributed by atoms with van der Waals surface area (Å²) in [5.74, 6) is 0.0477. The van der Waals surface area contributed by atoms with Crippen molar-refractivity contribution in [2.75, 3.05) is 5.32 Å². The Kier molecular flexibility index (Phi) is 6.78. The van der Waals surface area contributed by atoms with Crippen molar-refractivity contribution in [3.63, 3.8) is 0 Å². The summed E-state index contributed by atoms with van der Waals surface area (Å²) < 4.78 is 0.776. The molecule has 1 amide bonds. The number of hydrogen-bond acceptors (Lipinski definition) is 2. The Balaban J connectivity index is 2.11. The first-order chi connectivity index (χ1) is 11.4. The molecule has 0 aromatic heterocycles. The van der Waals surface area contributed by atoms with Gasteiger partial charge in [0.25, 0.3) is 5.91 Å². The van der Waals surface area contributed by atoms with Gasteiger partial charge in [-0.3, -0.25) is 10.1 Å². The van der Waals surface area contributed by atoms with Crippen molar-refractivity contribution in [2.45, 2.75) is 26.2 Å². The third kappa shape index (κ3) is 4.79. The smallest absolute Gasteiger partial charge is 0.258 e. The fourth-order valence-electron chi connectivity index (χ4n) is 2.26. The molecule has 2 aromatic carbocycles. The highest BCUT2D eigenvalue weighted by atomic mass is 79.9. The number of anilines is 1. The molecule has 0 aliphatic heterocycles. The highest BCUT2D eigenvalue weighted by Gasteiger charge is 2.14. The number of amides is 1. The van der Waals surface area contributed by atoms with Crippen LogP contribution in [0, 0.1) is 0 Å². The summed E-state index contributed by atoms with van der Waals surface area (Å²) in [4.78, 5) is 12.3. The van der Waals surface area contributed by atoms with E-state index in [1.807, 2.05) is 18.2 Å². The van der Waals surface area contributed by atoms with E-state index in [9.17, 15) is 4.79 Å². The fraction of sp³-hybridized carbons (Fsp3) is 0.222. The summed E-state index contributed by atoms with van der Waals surface area (Å²) in [7, 11) is 0. The minimum absolute atomic E-state index is 0.242. The van der Waals surface area contributed by atoms with Crippen LogP contribution in [0.4, 0.5) is 5.69 Å². The average molecular weight is 426 g/mol. The van der Waals surface area contributed by atoms with E-state index in [-0.39, 0.29) is 11.0 Å². The number of hydrogen-bond donors (Lipinski definition) is 2. The molecule has 0 radical (unpaired) electrons.